The third-order valence-electron chi connectivity index (χ3n) is 1.87. The second kappa shape index (κ2) is 7.05. The molecule has 0 spiro atoms. The number of hydrogen-bond acceptors (Lipinski definition) is 3. The summed E-state index contributed by atoms with van der Waals surface area (Å²) < 4.78 is 0. The normalized spacial score (nSPS) is 11.5. The first-order chi connectivity index (χ1) is 7.42. The van der Waals surface area contributed by atoms with Crippen LogP contribution < -0.4 is 10.6 Å². The van der Waals surface area contributed by atoms with Crippen LogP contribution in [0.1, 0.15) is 13.8 Å². The maximum absolute atomic E-state index is 11.5. The zero-order valence-corrected chi connectivity index (χ0v) is 10.3. The van der Waals surface area contributed by atoms with E-state index in [1.54, 1.807) is 6.92 Å². The van der Waals surface area contributed by atoms with Crippen LogP contribution in [0.5, 0.6) is 0 Å². The number of nitrogens with one attached hydrogen (secondary N) is 2. The van der Waals surface area contributed by atoms with E-state index < -0.39 is 17.3 Å². The van der Waals surface area contributed by atoms with Gasteiger partial charge in [-0.3, -0.25) is 14.9 Å². The second-order valence-corrected chi connectivity index (χ2v) is 3.75. The van der Waals surface area contributed by atoms with Crippen LogP contribution in [0, 0.1) is 0 Å². The molecule has 0 fully saturated rings. The van der Waals surface area contributed by atoms with Crippen molar-refractivity contribution in [3.05, 3.63) is 0 Å². The van der Waals surface area contributed by atoms with Crippen LogP contribution in [0.4, 0.5) is 4.79 Å². The van der Waals surface area contributed by atoms with Crippen molar-refractivity contribution >= 4 is 29.4 Å². The number of amides is 4. The van der Waals surface area contributed by atoms with E-state index >= 15 is 0 Å². The molecule has 0 rings (SSSR count). The van der Waals surface area contributed by atoms with Gasteiger partial charge < -0.3 is 10.2 Å². The largest absolute Gasteiger partial charge is 0.358 e. The van der Waals surface area contributed by atoms with E-state index in [2.05, 4.69) is 10.6 Å². The van der Waals surface area contributed by atoms with Gasteiger partial charge in [0.2, 0.25) is 11.8 Å². The van der Waals surface area contributed by atoms with Crippen molar-refractivity contribution in [1.29, 1.82) is 0 Å². The maximum Gasteiger partial charge on any atom is 0.324 e. The molecule has 1 atom stereocenters. The lowest BCUT2D eigenvalue weighted by molar-refractivity contribution is -0.122. The first-order valence-corrected chi connectivity index (χ1v) is 5.30. The van der Waals surface area contributed by atoms with Crippen molar-refractivity contribution in [3.8, 4) is 0 Å². The SMILES string of the molecule is CCN(CC(=O)NC)C(=O)NC(=O)C(C)Cl. The molecule has 2 N–H and O–H groups in total. The highest BCUT2D eigenvalue weighted by atomic mass is 35.5. The van der Waals surface area contributed by atoms with Crippen LogP contribution in [0.15, 0.2) is 0 Å². The van der Waals surface area contributed by atoms with Crippen molar-refractivity contribution in [1.82, 2.24) is 15.5 Å². The Kier molecular flexibility index (Phi) is 6.48. The van der Waals surface area contributed by atoms with Crippen LogP contribution in [0.25, 0.3) is 0 Å². The molecule has 0 aliphatic rings. The van der Waals surface area contributed by atoms with Gasteiger partial charge in [-0.25, -0.2) is 4.79 Å². The molecule has 0 saturated carbocycles. The molecule has 92 valence electrons. The van der Waals surface area contributed by atoms with E-state index in [1.807, 2.05) is 0 Å². The van der Waals surface area contributed by atoms with E-state index in [1.165, 1.54) is 18.9 Å². The Morgan fingerprint density at radius 2 is 1.94 bits per heavy atom. The van der Waals surface area contributed by atoms with E-state index in [0.29, 0.717) is 6.54 Å². The summed E-state index contributed by atoms with van der Waals surface area (Å²) in [4.78, 5) is 34.9. The summed E-state index contributed by atoms with van der Waals surface area (Å²) in [5.74, 6) is -0.884. The highest BCUT2D eigenvalue weighted by Crippen LogP contribution is 1.95. The molecule has 1 unspecified atom stereocenters. The van der Waals surface area contributed by atoms with Crippen molar-refractivity contribution in [2.45, 2.75) is 19.2 Å². The zero-order chi connectivity index (χ0) is 12.7. The monoisotopic (exact) mass is 249 g/mol. The Labute approximate surface area is 99.3 Å². The second-order valence-electron chi connectivity index (χ2n) is 3.10. The maximum atomic E-state index is 11.5. The lowest BCUT2D eigenvalue weighted by atomic mass is 10.4. The molecule has 0 heterocycles. The Morgan fingerprint density at radius 3 is 2.31 bits per heavy atom. The summed E-state index contributed by atoms with van der Waals surface area (Å²) in [6, 6.07) is -0.622. The fraction of sp³-hybridized carbons (Fsp3) is 0.667. The zero-order valence-electron chi connectivity index (χ0n) is 9.54. The summed E-state index contributed by atoms with van der Waals surface area (Å²) in [6.07, 6.45) is 0. The number of rotatable bonds is 4. The van der Waals surface area contributed by atoms with Crippen LogP contribution in [-0.4, -0.2) is 48.3 Å². The number of nitrogens with zero attached hydrogens (tertiary/aromatic N) is 1. The summed E-state index contributed by atoms with van der Waals surface area (Å²) in [7, 11) is 1.47. The molecule has 6 nitrogen and oxygen atoms in total. The first-order valence-electron chi connectivity index (χ1n) is 4.86. The molecular formula is C9H16ClN3O3. The highest BCUT2D eigenvalue weighted by molar-refractivity contribution is 6.31. The molecule has 0 aromatic carbocycles. The van der Waals surface area contributed by atoms with Crippen LogP contribution >= 0.6 is 11.6 Å². The highest BCUT2D eigenvalue weighted by Gasteiger charge is 2.19. The quantitative estimate of drug-likeness (QED) is 0.684. The summed E-state index contributed by atoms with van der Waals surface area (Å²) in [6.45, 7) is 3.39. The summed E-state index contributed by atoms with van der Waals surface area (Å²) in [5.41, 5.74) is 0. The minimum atomic E-state index is -0.789. The standard InChI is InChI=1S/C9H16ClN3O3/c1-4-13(5-7(14)11-3)9(16)12-8(15)6(2)10/h6H,4-5H2,1-3H3,(H,11,14)(H,12,15,16). The number of carbonyl (C=O) groups is 3. The molecule has 0 radical (unpaired) electrons. The smallest absolute Gasteiger partial charge is 0.324 e. The molecule has 0 saturated heterocycles. The Balaban J connectivity index is 4.31. The van der Waals surface area contributed by atoms with Crippen molar-refractivity contribution in [2.24, 2.45) is 0 Å². The van der Waals surface area contributed by atoms with Gasteiger partial charge in [-0.15, -0.1) is 11.6 Å². The number of halogens is 1. The number of likely N-dealkylation sites (N-methyl/N-ethyl adjacent to an activating group) is 2. The number of carbonyl (C=O) groups excluding carboxylic acids is 3. The topological polar surface area (TPSA) is 78.5 Å². The van der Waals surface area contributed by atoms with Gasteiger partial charge in [-0.2, -0.15) is 0 Å². The van der Waals surface area contributed by atoms with Gasteiger partial charge in [0.1, 0.15) is 11.9 Å². The third-order valence-corrected chi connectivity index (χ3v) is 2.07. The van der Waals surface area contributed by atoms with Crippen molar-refractivity contribution in [3.63, 3.8) is 0 Å². The molecule has 0 aliphatic heterocycles. The lowest BCUT2D eigenvalue weighted by Gasteiger charge is -2.20. The molecular weight excluding hydrogens is 234 g/mol. The van der Waals surface area contributed by atoms with Gasteiger partial charge in [0.15, 0.2) is 0 Å². The van der Waals surface area contributed by atoms with Gasteiger partial charge in [-0.05, 0) is 13.8 Å². The summed E-state index contributed by atoms with van der Waals surface area (Å²) >= 11 is 5.49. The number of alkyl halides is 1. The van der Waals surface area contributed by atoms with E-state index in [-0.39, 0.29) is 12.5 Å². The van der Waals surface area contributed by atoms with Crippen LogP contribution in [-0.2, 0) is 9.59 Å². The van der Waals surface area contributed by atoms with Gasteiger partial charge in [-0.1, -0.05) is 0 Å². The number of imide groups is 1. The Morgan fingerprint density at radius 1 is 1.38 bits per heavy atom. The molecule has 4 amide bonds. The van der Waals surface area contributed by atoms with Gasteiger partial charge in [0.05, 0.1) is 0 Å². The molecule has 0 bridgehead atoms. The number of hydrogen-bond donors (Lipinski definition) is 2. The minimum absolute atomic E-state index is 0.0945. The van der Waals surface area contributed by atoms with Crippen molar-refractivity contribution < 1.29 is 14.4 Å². The summed E-state index contributed by atoms with van der Waals surface area (Å²) in [5, 5.41) is 3.70. The molecule has 0 aliphatic carbocycles. The Hall–Kier alpha value is -1.30. The van der Waals surface area contributed by atoms with Gasteiger partial charge >= 0.3 is 6.03 Å². The first kappa shape index (κ1) is 14.7. The molecule has 0 aromatic heterocycles. The third kappa shape index (κ3) is 4.97. The predicted octanol–water partition coefficient (Wildman–Crippen LogP) is -0.0822. The van der Waals surface area contributed by atoms with Crippen LogP contribution in [0.3, 0.4) is 0 Å². The van der Waals surface area contributed by atoms with Gasteiger partial charge in [0.25, 0.3) is 0 Å². The van der Waals surface area contributed by atoms with E-state index in [9.17, 15) is 14.4 Å². The van der Waals surface area contributed by atoms with Crippen LogP contribution in [0.2, 0.25) is 0 Å². The number of urea groups is 1. The van der Waals surface area contributed by atoms with Crippen molar-refractivity contribution in [2.75, 3.05) is 20.1 Å². The van der Waals surface area contributed by atoms with E-state index in [4.69, 9.17) is 11.6 Å². The van der Waals surface area contributed by atoms with E-state index in [0.717, 1.165) is 0 Å². The fourth-order valence-electron chi connectivity index (χ4n) is 0.864. The average Bonchev–Trinajstić information content (AvgIpc) is 2.24. The lowest BCUT2D eigenvalue weighted by Crippen LogP contribution is -2.48. The Bertz CT molecular complexity index is 281. The minimum Gasteiger partial charge on any atom is -0.358 e. The molecule has 16 heavy (non-hydrogen) atoms. The van der Waals surface area contributed by atoms with Gasteiger partial charge in [0, 0.05) is 13.6 Å². The molecule has 7 heteroatoms. The fourth-order valence-corrected chi connectivity index (χ4v) is 0.918. The average molecular weight is 250 g/mol. The predicted molar refractivity (Wildman–Crippen MR) is 60.2 cm³/mol. The molecule has 0 aromatic rings.